The first kappa shape index (κ1) is 17.4. The van der Waals surface area contributed by atoms with Crippen LogP contribution in [0.25, 0.3) is 0 Å². The summed E-state index contributed by atoms with van der Waals surface area (Å²) in [5, 5.41) is 14.0. The monoisotopic (exact) mass is 360 g/mol. The van der Waals surface area contributed by atoms with Gasteiger partial charge in [0, 0.05) is 11.0 Å². The van der Waals surface area contributed by atoms with Gasteiger partial charge in [0.1, 0.15) is 5.82 Å². The number of carboxylic acid groups (broad SMARTS) is 1. The van der Waals surface area contributed by atoms with Crippen molar-refractivity contribution >= 4 is 33.6 Å². The maximum atomic E-state index is 13.1. The zero-order valence-electron chi connectivity index (χ0n) is 11.8. The summed E-state index contributed by atoms with van der Waals surface area (Å²) < 4.78 is 13.6. The van der Waals surface area contributed by atoms with Gasteiger partial charge in [0.05, 0.1) is 11.6 Å². The molecule has 0 heterocycles. The van der Waals surface area contributed by atoms with E-state index in [0.717, 1.165) is 0 Å². The molecule has 0 spiro atoms. The van der Waals surface area contributed by atoms with E-state index in [1.807, 2.05) is 13.8 Å². The van der Waals surface area contributed by atoms with Crippen molar-refractivity contribution in [3.63, 3.8) is 0 Å². The highest BCUT2D eigenvalue weighted by molar-refractivity contribution is 9.10. The summed E-state index contributed by atoms with van der Waals surface area (Å²) in [5.41, 5.74) is 0.281. The van der Waals surface area contributed by atoms with E-state index in [-0.39, 0.29) is 18.2 Å². The highest BCUT2D eigenvalue weighted by atomic mass is 79.9. The van der Waals surface area contributed by atoms with E-state index in [2.05, 4.69) is 26.6 Å². The second kappa shape index (κ2) is 7.97. The van der Waals surface area contributed by atoms with Gasteiger partial charge in [-0.15, -0.1) is 0 Å². The first-order chi connectivity index (χ1) is 9.79. The number of carboxylic acids is 1. The van der Waals surface area contributed by atoms with Crippen LogP contribution in [0.2, 0.25) is 0 Å². The number of carbonyl (C=O) groups is 2. The molecule has 1 aromatic carbocycles. The Balaban J connectivity index is 2.57. The van der Waals surface area contributed by atoms with Crippen molar-refractivity contribution in [2.75, 3.05) is 11.9 Å². The Labute approximate surface area is 131 Å². The lowest BCUT2D eigenvalue weighted by Gasteiger charge is -2.16. The van der Waals surface area contributed by atoms with Crippen molar-refractivity contribution in [3.05, 3.63) is 28.5 Å². The van der Waals surface area contributed by atoms with Crippen LogP contribution in [-0.2, 0) is 4.79 Å². The number of aliphatic carboxylic acids is 1. The van der Waals surface area contributed by atoms with Crippen LogP contribution >= 0.6 is 15.9 Å². The Kier molecular flexibility index (Phi) is 6.61. The average molecular weight is 361 g/mol. The fraction of sp³-hybridized carbons (Fsp3) is 0.429. The van der Waals surface area contributed by atoms with Crippen LogP contribution in [0.5, 0.6) is 0 Å². The van der Waals surface area contributed by atoms with Crippen LogP contribution < -0.4 is 10.6 Å². The number of nitrogens with one attached hydrogen (secondary N) is 2. The molecule has 1 aromatic rings. The Bertz CT molecular complexity index is 523. The molecule has 0 aliphatic rings. The summed E-state index contributed by atoms with van der Waals surface area (Å²) >= 11 is 3.19. The fourth-order valence-corrected chi connectivity index (χ4v) is 2.16. The molecule has 2 amide bonds. The minimum atomic E-state index is -0.948. The molecule has 5 nitrogen and oxygen atoms in total. The maximum Gasteiger partial charge on any atom is 0.319 e. The van der Waals surface area contributed by atoms with E-state index in [1.165, 1.54) is 18.2 Å². The molecule has 1 unspecified atom stereocenters. The molecular formula is C14H18BrFN2O3. The SMILES string of the molecule is CC(C)CC(CNC(=O)Nc1cc(F)ccc1Br)C(=O)O. The predicted molar refractivity (Wildman–Crippen MR) is 81.7 cm³/mol. The van der Waals surface area contributed by atoms with Crippen LogP contribution in [0.3, 0.4) is 0 Å². The van der Waals surface area contributed by atoms with Crippen LogP contribution in [-0.4, -0.2) is 23.7 Å². The molecular weight excluding hydrogens is 343 g/mol. The second-order valence-electron chi connectivity index (χ2n) is 5.12. The quantitative estimate of drug-likeness (QED) is 0.726. The summed E-state index contributed by atoms with van der Waals surface area (Å²) in [4.78, 5) is 22.8. The van der Waals surface area contributed by atoms with Gasteiger partial charge in [-0.1, -0.05) is 13.8 Å². The zero-order valence-corrected chi connectivity index (χ0v) is 13.4. The van der Waals surface area contributed by atoms with Gasteiger partial charge in [-0.3, -0.25) is 4.79 Å². The van der Waals surface area contributed by atoms with E-state index >= 15 is 0 Å². The number of rotatable bonds is 6. The number of hydrogen-bond acceptors (Lipinski definition) is 2. The van der Waals surface area contributed by atoms with E-state index in [0.29, 0.717) is 10.9 Å². The second-order valence-corrected chi connectivity index (χ2v) is 5.98. The number of urea groups is 1. The van der Waals surface area contributed by atoms with E-state index in [4.69, 9.17) is 5.11 Å². The molecule has 0 aliphatic heterocycles. The summed E-state index contributed by atoms with van der Waals surface area (Å²) in [6.07, 6.45) is 0.472. The molecule has 116 valence electrons. The molecule has 0 saturated carbocycles. The Morgan fingerprint density at radius 2 is 2.05 bits per heavy atom. The summed E-state index contributed by atoms with van der Waals surface area (Å²) in [5.74, 6) is -1.85. The van der Waals surface area contributed by atoms with Gasteiger partial charge >= 0.3 is 12.0 Å². The largest absolute Gasteiger partial charge is 0.481 e. The molecule has 0 aromatic heterocycles. The number of hydrogen-bond donors (Lipinski definition) is 3. The predicted octanol–water partition coefficient (Wildman–Crippen LogP) is 3.46. The molecule has 0 fully saturated rings. The van der Waals surface area contributed by atoms with Crippen molar-refractivity contribution in [2.24, 2.45) is 11.8 Å². The van der Waals surface area contributed by atoms with Crippen LogP contribution in [0.1, 0.15) is 20.3 Å². The Morgan fingerprint density at radius 3 is 2.62 bits per heavy atom. The minimum Gasteiger partial charge on any atom is -0.481 e. The van der Waals surface area contributed by atoms with Gasteiger partial charge in [-0.05, 0) is 46.5 Å². The third kappa shape index (κ3) is 6.12. The average Bonchev–Trinajstić information content (AvgIpc) is 2.38. The van der Waals surface area contributed by atoms with Crippen molar-refractivity contribution in [2.45, 2.75) is 20.3 Å². The number of anilines is 1. The first-order valence-electron chi connectivity index (χ1n) is 6.52. The highest BCUT2D eigenvalue weighted by Crippen LogP contribution is 2.22. The summed E-state index contributed by atoms with van der Waals surface area (Å²) in [6.45, 7) is 3.85. The molecule has 0 radical (unpaired) electrons. The molecule has 7 heteroatoms. The van der Waals surface area contributed by atoms with Crippen molar-refractivity contribution in [1.29, 1.82) is 0 Å². The molecule has 0 aliphatic carbocycles. The van der Waals surface area contributed by atoms with E-state index in [9.17, 15) is 14.0 Å². The minimum absolute atomic E-state index is 0.0201. The third-order valence-electron chi connectivity index (χ3n) is 2.79. The molecule has 0 saturated heterocycles. The normalized spacial score (nSPS) is 12.0. The molecule has 21 heavy (non-hydrogen) atoms. The summed E-state index contributed by atoms with van der Waals surface area (Å²) in [6, 6.07) is 3.34. The summed E-state index contributed by atoms with van der Waals surface area (Å²) in [7, 11) is 0. The molecule has 0 bridgehead atoms. The Hall–Kier alpha value is -1.63. The molecule has 1 atom stereocenters. The lowest BCUT2D eigenvalue weighted by atomic mass is 9.97. The number of halogens is 2. The molecule has 3 N–H and O–H groups in total. The molecule has 1 rings (SSSR count). The smallest absolute Gasteiger partial charge is 0.319 e. The maximum absolute atomic E-state index is 13.1. The van der Waals surface area contributed by atoms with Crippen molar-refractivity contribution in [3.8, 4) is 0 Å². The van der Waals surface area contributed by atoms with E-state index in [1.54, 1.807) is 0 Å². The van der Waals surface area contributed by atoms with Crippen molar-refractivity contribution in [1.82, 2.24) is 5.32 Å². The standard InChI is InChI=1S/C14H18BrFN2O3/c1-8(2)5-9(13(19)20)7-17-14(21)18-12-6-10(16)3-4-11(12)15/h3-4,6,8-9H,5,7H2,1-2H3,(H,19,20)(H2,17,18,21). The van der Waals surface area contributed by atoms with Crippen molar-refractivity contribution < 1.29 is 19.1 Å². The Morgan fingerprint density at radius 1 is 1.38 bits per heavy atom. The fourth-order valence-electron chi connectivity index (χ4n) is 1.82. The zero-order chi connectivity index (χ0) is 16.0. The van der Waals surface area contributed by atoms with Crippen LogP contribution in [0.4, 0.5) is 14.9 Å². The van der Waals surface area contributed by atoms with Crippen LogP contribution in [0, 0.1) is 17.7 Å². The highest BCUT2D eigenvalue weighted by Gasteiger charge is 2.19. The van der Waals surface area contributed by atoms with Gasteiger partial charge in [-0.25, -0.2) is 9.18 Å². The van der Waals surface area contributed by atoms with Gasteiger partial charge in [0.15, 0.2) is 0 Å². The van der Waals surface area contributed by atoms with Gasteiger partial charge in [0.25, 0.3) is 0 Å². The topological polar surface area (TPSA) is 78.4 Å². The lowest BCUT2D eigenvalue weighted by Crippen LogP contribution is -2.36. The van der Waals surface area contributed by atoms with E-state index < -0.39 is 23.7 Å². The first-order valence-corrected chi connectivity index (χ1v) is 7.31. The third-order valence-corrected chi connectivity index (χ3v) is 3.48. The van der Waals surface area contributed by atoms with Gasteiger partial charge in [0.2, 0.25) is 0 Å². The number of benzene rings is 1. The van der Waals surface area contributed by atoms with Gasteiger partial charge < -0.3 is 15.7 Å². The lowest BCUT2D eigenvalue weighted by molar-refractivity contribution is -0.142. The van der Waals surface area contributed by atoms with Gasteiger partial charge in [-0.2, -0.15) is 0 Å². The number of carbonyl (C=O) groups excluding carboxylic acids is 1. The van der Waals surface area contributed by atoms with Crippen LogP contribution in [0.15, 0.2) is 22.7 Å². The number of amides is 2.